The van der Waals surface area contributed by atoms with Gasteiger partial charge in [0.15, 0.2) is 11.5 Å². The van der Waals surface area contributed by atoms with Gasteiger partial charge in [0.2, 0.25) is 0 Å². The number of para-hydroxylation sites is 1. The van der Waals surface area contributed by atoms with Crippen molar-refractivity contribution in [2.24, 2.45) is 5.92 Å². The maximum atomic E-state index is 12.6. The predicted octanol–water partition coefficient (Wildman–Crippen LogP) is 2.57. The first-order valence-electron chi connectivity index (χ1n) is 6.58. The number of hydrogen-bond acceptors (Lipinski definition) is 3. The number of benzene rings is 1. The lowest BCUT2D eigenvalue weighted by Crippen LogP contribution is -2.36. The summed E-state index contributed by atoms with van der Waals surface area (Å²) in [5.41, 5.74) is 0.553. The average Bonchev–Trinajstić information content (AvgIpc) is 3.28. The van der Waals surface area contributed by atoms with E-state index in [0.717, 1.165) is 0 Å². The van der Waals surface area contributed by atoms with Crippen LogP contribution in [0.3, 0.4) is 0 Å². The molecule has 1 aromatic carbocycles. The molecule has 0 N–H and O–H groups in total. The minimum Gasteiger partial charge on any atom is -0.493 e. The molecule has 1 fully saturated rings. The first kappa shape index (κ1) is 13.7. The largest absolute Gasteiger partial charge is 0.493 e. The van der Waals surface area contributed by atoms with Crippen molar-refractivity contribution in [3.8, 4) is 11.5 Å². The zero-order valence-electron chi connectivity index (χ0n) is 12.0. The van der Waals surface area contributed by atoms with Gasteiger partial charge in [-0.3, -0.25) is 4.79 Å². The fraction of sp³-hybridized carbons (Fsp3) is 0.533. The SMILES string of the molecule is COc1cccc(C(=O)N(C)C(C)C2CC2)c1OC. The van der Waals surface area contributed by atoms with Crippen molar-refractivity contribution < 1.29 is 14.3 Å². The zero-order chi connectivity index (χ0) is 14.0. The molecule has 1 aliphatic carbocycles. The van der Waals surface area contributed by atoms with Gasteiger partial charge in [0, 0.05) is 13.1 Å². The lowest BCUT2D eigenvalue weighted by Gasteiger charge is -2.26. The van der Waals surface area contributed by atoms with E-state index in [2.05, 4.69) is 6.92 Å². The predicted molar refractivity (Wildman–Crippen MR) is 73.8 cm³/mol. The number of carbonyl (C=O) groups is 1. The Morgan fingerprint density at radius 3 is 2.53 bits per heavy atom. The van der Waals surface area contributed by atoms with Crippen LogP contribution in [0.15, 0.2) is 18.2 Å². The summed E-state index contributed by atoms with van der Waals surface area (Å²) in [4.78, 5) is 14.4. The van der Waals surface area contributed by atoms with E-state index in [1.54, 1.807) is 31.3 Å². The normalized spacial score (nSPS) is 15.8. The number of hydrogen-bond donors (Lipinski definition) is 0. The minimum absolute atomic E-state index is 0.0184. The Labute approximate surface area is 114 Å². The van der Waals surface area contributed by atoms with Gasteiger partial charge in [-0.05, 0) is 37.8 Å². The molecule has 0 bridgehead atoms. The third-order valence-electron chi connectivity index (χ3n) is 3.87. The van der Waals surface area contributed by atoms with Crippen LogP contribution in [-0.2, 0) is 0 Å². The van der Waals surface area contributed by atoms with Gasteiger partial charge in [0.25, 0.3) is 5.91 Å². The second-order valence-corrected chi connectivity index (χ2v) is 5.04. The van der Waals surface area contributed by atoms with Crippen LogP contribution in [0.4, 0.5) is 0 Å². The van der Waals surface area contributed by atoms with Crippen LogP contribution in [0.1, 0.15) is 30.1 Å². The highest BCUT2D eigenvalue weighted by atomic mass is 16.5. The molecule has 104 valence electrons. The monoisotopic (exact) mass is 263 g/mol. The number of carbonyl (C=O) groups excluding carboxylic acids is 1. The average molecular weight is 263 g/mol. The molecule has 0 spiro atoms. The van der Waals surface area contributed by atoms with E-state index in [9.17, 15) is 4.79 Å². The molecule has 0 aromatic heterocycles. The molecule has 1 atom stereocenters. The molecule has 0 aliphatic heterocycles. The summed E-state index contributed by atoms with van der Waals surface area (Å²) in [7, 11) is 4.98. The van der Waals surface area contributed by atoms with Crippen LogP contribution >= 0.6 is 0 Å². The van der Waals surface area contributed by atoms with E-state index in [1.165, 1.54) is 12.8 Å². The molecule has 1 amide bonds. The molecular formula is C15H21NO3. The molecule has 0 radical (unpaired) electrons. The van der Waals surface area contributed by atoms with Gasteiger partial charge < -0.3 is 14.4 Å². The van der Waals surface area contributed by atoms with E-state index in [-0.39, 0.29) is 11.9 Å². The van der Waals surface area contributed by atoms with Crippen molar-refractivity contribution in [1.82, 2.24) is 4.90 Å². The molecule has 1 aromatic rings. The molecule has 4 heteroatoms. The van der Waals surface area contributed by atoms with Crippen LogP contribution in [-0.4, -0.2) is 38.1 Å². The van der Waals surface area contributed by atoms with Crippen molar-refractivity contribution in [3.05, 3.63) is 23.8 Å². The number of methoxy groups -OCH3 is 2. The van der Waals surface area contributed by atoms with E-state index in [4.69, 9.17) is 9.47 Å². The van der Waals surface area contributed by atoms with E-state index < -0.39 is 0 Å². The van der Waals surface area contributed by atoms with E-state index in [1.807, 2.05) is 13.1 Å². The van der Waals surface area contributed by atoms with Crippen LogP contribution in [0.25, 0.3) is 0 Å². The maximum Gasteiger partial charge on any atom is 0.257 e. The smallest absolute Gasteiger partial charge is 0.257 e. The summed E-state index contributed by atoms with van der Waals surface area (Å²) in [5.74, 6) is 1.71. The summed E-state index contributed by atoms with van der Waals surface area (Å²) in [6.45, 7) is 2.10. The van der Waals surface area contributed by atoms with Gasteiger partial charge in [0.05, 0.1) is 19.8 Å². The van der Waals surface area contributed by atoms with E-state index in [0.29, 0.717) is 23.0 Å². The maximum absolute atomic E-state index is 12.6. The van der Waals surface area contributed by atoms with Crippen molar-refractivity contribution in [3.63, 3.8) is 0 Å². The fourth-order valence-corrected chi connectivity index (χ4v) is 2.33. The van der Waals surface area contributed by atoms with Gasteiger partial charge in [-0.1, -0.05) is 6.07 Å². The molecular weight excluding hydrogens is 242 g/mol. The number of amides is 1. The zero-order valence-corrected chi connectivity index (χ0v) is 12.0. The number of rotatable bonds is 5. The standard InChI is InChI=1S/C15H21NO3/c1-10(11-8-9-11)16(2)15(17)12-6-5-7-13(18-3)14(12)19-4/h5-7,10-11H,8-9H2,1-4H3. The van der Waals surface area contributed by atoms with Crippen molar-refractivity contribution >= 4 is 5.91 Å². The number of ether oxygens (including phenoxy) is 2. The highest BCUT2D eigenvalue weighted by molar-refractivity contribution is 5.97. The second-order valence-electron chi connectivity index (χ2n) is 5.04. The summed E-state index contributed by atoms with van der Waals surface area (Å²) in [5, 5.41) is 0. The summed E-state index contributed by atoms with van der Waals surface area (Å²) in [6.07, 6.45) is 2.43. The first-order valence-corrected chi connectivity index (χ1v) is 6.58. The molecule has 2 rings (SSSR count). The molecule has 19 heavy (non-hydrogen) atoms. The third-order valence-corrected chi connectivity index (χ3v) is 3.87. The minimum atomic E-state index is -0.0184. The first-order chi connectivity index (χ1) is 9.10. The van der Waals surface area contributed by atoms with Crippen LogP contribution in [0, 0.1) is 5.92 Å². The summed E-state index contributed by atoms with van der Waals surface area (Å²) < 4.78 is 10.6. The quantitative estimate of drug-likeness (QED) is 0.819. The third kappa shape index (κ3) is 2.67. The molecule has 0 saturated heterocycles. The van der Waals surface area contributed by atoms with Gasteiger partial charge in [-0.15, -0.1) is 0 Å². The topological polar surface area (TPSA) is 38.8 Å². The molecule has 1 unspecified atom stereocenters. The van der Waals surface area contributed by atoms with Gasteiger partial charge >= 0.3 is 0 Å². The Kier molecular flexibility index (Phi) is 3.98. The van der Waals surface area contributed by atoms with Crippen molar-refractivity contribution in [2.45, 2.75) is 25.8 Å². The summed E-state index contributed by atoms with van der Waals surface area (Å²) >= 11 is 0. The van der Waals surface area contributed by atoms with Gasteiger partial charge in [-0.2, -0.15) is 0 Å². The van der Waals surface area contributed by atoms with Gasteiger partial charge in [0.1, 0.15) is 0 Å². The highest BCUT2D eigenvalue weighted by Crippen LogP contribution is 2.36. The van der Waals surface area contributed by atoms with Crippen molar-refractivity contribution in [2.75, 3.05) is 21.3 Å². The van der Waals surface area contributed by atoms with Gasteiger partial charge in [-0.25, -0.2) is 0 Å². The lowest BCUT2D eigenvalue weighted by molar-refractivity contribution is 0.0723. The summed E-state index contributed by atoms with van der Waals surface area (Å²) in [6, 6.07) is 5.65. The molecule has 0 heterocycles. The van der Waals surface area contributed by atoms with E-state index >= 15 is 0 Å². The Morgan fingerprint density at radius 1 is 1.32 bits per heavy atom. The van der Waals surface area contributed by atoms with Crippen LogP contribution in [0.2, 0.25) is 0 Å². The lowest BCUT2D eigenvalue weighted by atomic mass is 10.1. The Bertz CT molecular complexity index is 468. The van der Waals surface area contributed by atoms with Crippen LogP contribution < -0.4 is 9.47 Å². The fourth-order valence-electron chi connectivity index (χ4n) is 2.33. The van der Waals surface area contributed by atoms with Crippen LogP contribution in [0.5, 0.6) is 11.5 Å². The Hall–Kier alpha value is -1.71. The second kappa shape index (κ2) is 5.51. The highest BCUT2D eigenvalue weighted by Gasteiger charge is 2.33. The number of nitrogens with zero attached hydrogens (tertiary/aromatic N) is 1. The molecule has 1 aliphatic rings. The molecule has 4 nitrogen and oxygen atoms in total. The van der Waals surface area contributed by atoms with Crippen molar-refractivity contribution in [1.29, 1.82) is 0 Å². The Balaban J connectivity index is 2.27. The Morgan fingerprint density at radius 2 is 2.00 bits per heavy atom. The molecule has 1 saturated carbocycles.